The van der Waals surface area contributed by atoms with Crippen molar-refractivity contribution in [3.8, 4) is 0 Å². The second-order valence-electron chi connectivity index (χ2n) is 6.64. The average molecular weight is 342 g/mol. The van der Waals surface area contributed by atoms with Gasteiger partial charge < -0.3 is 10.2 Å². The number of aromatic nitrogens is 2. The molecule has 0 saturated carbocycles. The quantitative estimate of drug-likeness (QED) is 0.928. The lowest BCUT2D eigenvalue weighted by molar-refractivity contribution is 0.0945. The van der Waals surface area contributed by atoms with Gasteiger partial charge in [0.1, 0.15) is 17.3 Å². The molecule has 1 aromatic heterocycles. The summed E-state index contributed by atoms with van der Waals surface area (Å²) in [7, 11) is 2.11. The van der Waals surface area contributed by atoms with Crippen molar-refractivity contribution >= 4 is 5.91 Å². The topological polar surface area (TPSA) is 58.1 Å². The average Bonchev–Trinajstić information content (AvgIpc) is 2.61. The standard InChI is InChI=1S/C19H23FN4O/c1-13-11-17(19(25)21-12-14-3-5-16(20)6-4-14)23-18(22-13)15-7-9-24(2)10-8-15/h3-6,11,15H,7-10,12H2,1-2H3,(H,21,25). The first-order valence-corrected chi connectivity index (χ1v) is 8.58. The number of amides is 1. The van der Waals surface area contributed by atoms with E-state index in [0.717, 1.165) is 43.0 Å². The zero-order valence-corrected chi connectivity index (χ0v) is 14.6. The van der Waals surface area contributed by atoms with Gasteiger partial charge in [0.2, 0.25) is 0 Å². The van der Waals surface area contributed by atoms with Gasteiger partial charge in [0.05, 0.1) is 0 Å². The van der Waals surface area contributed by atoms with Gasteiger partial charge in [-0.3, -0.25) is 4.79 Å². The van der Waals surface area contributed by atoms with Crippen LogP contribution >= 0.6 is 0 Å². The van der Waals surface area contributed by atoms with Crippen molar-refractivity contribution in [1.82, 2.24) is 20.2 Å². The Hall–Kier alpha value is -2.34. The SMILES string of the molecule is Cc1cc(C(=O)NCc2ccc(F)cc2)nc(C2CCN(C)CC2)n1. The summed E-state index contributed by atoms with van der Waals surface area (Å²) in [6.07, 6.45) is 2.02. The zero-order chi connectivity index (χ0) is 17.8. The van der Waals surface area contributed by atoms with Gasteiger partial charge in [0.15, 0.2) is 0 Å². The van der Waals surface area contributed by atoms with Crippen molar-refractivity contribution in [3.05, 3.63) is 58.9 Å². The van der Waals surface area contributed by atoms with Gasteiger partial charge in [-0.1, -0.05) is 12.1 Å². The Labute approximate surface area is 147 Å². The Balaban J connectivity index is 1.68. The van der Waals surface area contributed by atoms with E-state index in [1.54, 1.807) is 18.2 Å². The molecule has 0 unspecified atom stereocenters. The van der Waals surface area contributed by atoms with Crippen molar-refractivity contribution in [2.45, 2.75) is 32.2 Å². The number of halogens is 1. The highest BCUT2D eigenvalue weighted by molar-refractivity contribution is 5.92. The van der Waals surface area contributed by atoms with Crippen molar-refractivity contribution < 1.29 is 9.18 Å². The molecule has 1 fully saturated rings. The second-order valence-corrected chi connectivity index (χ2v) is 6.64. The van der Waals surface area contributed by atoms with Crippen LogP contribution in [0.5, 0.6) is 0 Å². The number of rotatable bonds is 4. The molecule has 0 radical (unpaired) electrons. The van der Waals surface area contributed by atoms with Crippen LogP contribution < -0.4 is 5.32 Å². The number of carbonyl (C=O) groups is 1. The Kier molecular flexibility index (Phi) is 5.38. The van der Waals surface area contributed by atoms with Crippen LogP contribution in [-0.2, 0) is 6.54 Å². The van der Waals surface area contributed by atoms with E-state index in [2.05, 4.69) is 27.2 Å². The Morgan fingerprint density at radius 3 is 2.60 bits per heavy atom. The van der Waals surface area contributed by atoms with Crippen molar-refractivity contribution in [2.75, 3.05) is 20.1 Å². The minimum atomic E-state index is -0.288. The van der Waals surface area contributed by atoms with E-state index in [1.807, 2.05) is 6.92 Å². The van der Waals surface area contributed by atoms with Gasteiger partial charge in [0, 0.05) is 18.2 Å². The first kappa shape index (κ1) is 17.5. The van der Waals surface area contributed by atoms with E-state index in [9.17, 15) is 9.18 Å². The molecule has 2 aromatic rings. The monoisotopic (exact) mass is 342 g/mol. The lowest BCUT2D eigenvalue weighted by Gasteiger charge is -2.28. The lowest BCUT2D eigenvalue weighted by Crippen LogP contribution is -2.30. The molecule has 1 aliphatic heterocycles. The first-order chi connectivity index (χ1) is 12.0. The number of piperidine rings is 1. The van der Waals surface area contributed by atoms with Crippen LogP contribution in [0.1, 0.15) is 46.3 Å². The van der Waals surface area contributed by atoms with Gasteiger partial charge in [-0.15, -0.1) is 0 Å². The summed E-state index contributed by atoms with van der Waals surface area (Å²) < 4.78 is 12.9. The van der Waals surface area contributed by atoms with Gasteiger partial charge in [-0.2, -0.15) is 0 Å². The third kappa shape index (κ3) is 4.60. The second kappa shape index (κ2) is 7.70. The number of nitrogens with one attached hydrogen (secondary N) is 1. The van der Waals surface area contributed by atoms with E-state index >= 15 is 0 Å². The van der Waals surface area contributed by atoms with Crippen molar-refractivity contribution in [3.63, 3.8) is 0 Å². The maximum Gasteiger partial charge on any atom is 0.270 e. The number of benzene rings is 1. The third-order valence-electron chi connectivity index (χ3n) is 4.55. The highest BCUT2D eigenvalue weighted by Crippen LogP contribution is 2.25. The molecule has 6 heteroatoms. The van der Waals surface area contributed by atoms with Gasteiger partial charge in [-0.25, -0.2) is 14.4 Å². The highest BCUT2D eigenvalue weighted by atomic mass is 19.1. The van der Waals surface area contributed by atoms with Crippen LogP contribution in [0.25, 0.3) is 0 Å². The molecule has 0 aliphatic carbocycles. The predicted octanol–water partition coefficient (Wildman–Crippen LogP) is 2.66. The number of aryl methyl sites for hydroxylation is 1. The molecule has 0 atom stereocenters. The molecule has 1 saturated heterocycles. The van der Waals surface area contributed by atoms with Crippen LogP contribution in [-0.4, -0.2) is 40.9 Å². The fourth-order valence-corrected chi connectivity index (χ4v) is 3.03. The van der Waals surface area contributed by atoms with Gasteiger partial charge >= 0.3 is 0 Å². The number of hydrogen-bond acceptors (Lipinski definition) is 4. The van der Waals surface area contributed by atoms with E-state index in [-0.39, 0.29) is 11.7 Å². The van der Waals surface area contributed by atoms with E-state index < -0.39 is 0 Å². The minimum Gasteiger partial charge on any atom is -0.347 e. The molecule has 2 heterocycles. The summed E-state index contributed by atoms with van der Waals surface area (Å²) >= 11 is 0. The summed E-state index contributed by atoms with van der Waals surface area (Å²) in [4.78, 5) is 23.8. The largest absolute Gasteiger partial charge is 0.347 e. The summed E-state index contributed by atoms with van der Waals surface area (Å²) in [6, 6.07) is 7.79. The van der Waals surface area contributed by atoms with Crippen LogP contribution in [0.3, 0.4) is 0 Å². The molecule has 1 aromatic carbocycles. The number of nitrogens with zero attached hydrogens (tertiary/aromatic N) is 3. The molecule has 3 rings (SSSR count). The maximum absolute atomic E-state index is 12.9. The number of likely N-dealkylation sites (tertiary alicyclic amines) is 1. The Morgan fingerprint density at radius 1 is 1.24 bits per heavy atom. The first-order valence-electron chi connectivity index (χ1n) is 8.58. The molecular formula is C19H23FN4O. The van der Waals surface area contributed by atoms with Crippen LogP contribution in [0, 0.1) is 12.7 Å². The molecule has 1 aliphatic rings. The molecule has 1 N–H and O–H groups in total. The van der Waals surface area contributed by atoms with Crippen LogP contribution in [0.15, 0.2) is 30.3 Å². The molecule has 25 heavy (non-hydrogen) atoms. The fraction of sp³-hybridized carbons (Fsp3) is 0.421. The lowest BCUT2D eigenvalue weighted by atomic mass is 9.96. The predicted molar refractivity (Wildman–Crippen MR) is 93.8 cm³/mol. The normalized spacial score (nSPS) is 16.0. The molecule has 5 nitrogen and oxygen atoms in total. The summed E-state index contributed by atoms with van der Waals surface area (Å²) in [5, 5.41) is 2.84. The molecule has 1 amide bonds. The zero-order valence-electron chi connectivity index (χ0n) is 14.6. The third-order valence-corrected chi connectivity index (χ3v) is 4.55. The maximum atomic E-state index is 12.9. The Morgan fingerprint density at radius 2 is 1.92 bits per heavy atom. The van der Waals surface area contributed by atoms with Gasteiger partial charge in [-0.05, 0) is 63.7 Å². The molecule has 0 bridgehead atoms. The van der Waals surface area contributed by atoms with E-state index in [1.165, 1.54) is 12.1 Å². The minimum absolute atomic E-state index is 0.232. The van der Waals surface area contributed by atoms with E-state index in [0.29, 0.717) is 18.2 Å². The van der Waals surface area contributed by atoms with Gasteiger partial charge in [0.25, 0.3) is 5.91 Å². The van der Waals surface area contributed by atoms with E-state index in [4.69, 9.17) is 0 Å². The fourth-order valence-electron chi connectivity index (χ4n) is 3.03. The Bertz CT molecular complexity index is 740. The van der Waals surface area contributed by atoms with Crippen molar-refractivity contribution in [2.24, 2.45) is 0 Å². The van der Waals surface area contributed by atoms with Crippen LogP contribution in [0.2, 0.25) is 0 Å². The summed E-state index contributed by atoms with van der Waals surface area (Å²) in [5.74, 6) is 0.549. The summed E-state index contributed by atoms with van der Waals surface area (Å²) in [5.41, 5.74) is 2.04. The highest BCUT2D eigenvalue weighted by Gasteiger charge is 2.22. The number of carbonyl (C=O) groups excluding carboxylic acids is 1. The molecule has 0 spiro atoms. The van der Waals surface area contributed by atoms with Crippen molar-refractivity contribution in [1.29, 1.82) is 0 Å². The van der Waals surface area contributed by atoms with Crippen LogP contribution in [0.4, 0.5) is 4.39 Å². The smallest absolute Gasteiger partial charge is 0.270 e. The summed E-state index contributed by atoms with van der Waals surface area (Å²) in [6.45, 7) is 4.27. The molecular weight excluding hydrogens is 319 g/mol. The molecule has 132 valence electrons. The number of hydrogen-bond donors (Lipinski definition) is 1.